The topological polar surface area (TPSA) is 26.3 Å². The fourth-order valence-corrected chi connectivity index (χ4v) is 1.41. The highest BCUT2D eigenvalue weighted by Gasteiger charge is 2.34. The Kier molecular flexibility index (Phi) is 2.53. The van der Waals surface area contributed by atoms with Gasteiger partial charge in [0.05, 0.1) is 5.92 Å². The summed E-state index contributed by atoms with van der Waals surface area (Å²) >= 11 is 0. The van der Waals surface area contributed by atoms with Crippen LogP contribution in [0.4, 0.5) is 0 Å². The fraction of sp³-hybridized carbons (Fsp3) is 0.889. The van der Waals surface area contributed by atoms with Gasteiger partial charge in [-0.3, -0.25) is 4.79 Å². The second kappa shape index (κ2) is 3.24. The van der Waals surface area contributed by atoms with Crippen molar-refractivity contribution < 1.29 is 9.53 Å². The Hall–Kier alpha value is -0.530. The number of carbonyl (C=O) groups is 1. The molecule has 0 spiro atoms. The molecule has 1 aliphatic rings. The Morgan fingerprint density at radius 3 is 2.55 bits per heavy atom. The Morgan fingerprint density at radius 2 is 2.27 bits per heavy atom. The molecule has 0 amide bonds. The first kappa shape index (κ1) is 8.57. The molecule has 2 nitrogen and oxygen atoms in total. The maximum Gasteiger partial charge on any atom is 0.309 e. The van der Waals surface area contributed by atoms with Crippen molar-refractivity contribution in [3.05, 3.63) is 0 Å². The largest absolute Gasteiger partial charge is 0.462 e. The lowest BCUT2D eigenvalue weighted by molar-refractivity contribution is -0.145. The molecule has 11 heavy (non-hydrogen) atoms. The smallest absolute Gasteiger partial charge is 0.309 e. The zero-order valence-electron chi connectivity index (χ0n) is 7.46. The number of ether oxygens (including phenoxy) is 1. The molecule has 1 fully saturated rings. The van der Waals surface area contributed by atoms with E-state index in [4.69, 9.17) is 4.74 Å². The highest BCUT2D eigenvalue weighted by atomic mass is 16.6. The van der Waals surface area contributed by atoms with E-state index < -0.39 is 0 Å². The van der Waals surface area contributed by atoms with Crippen LogP contribution in [-0.4, -0.2) is 12.1 Å². The Balaban J connectivity index is 2.49. The van der Waals surface area contributed by atoms with Gasteiger partial charge >= 0.3 is 5.97 Å². The van der Waals surface area contributed by atoms with Crippen LogP contribution in [0.5, 0.6) is 0 Å². The van der Waals surface area contributed by atoms with Crippen molar-refractivity contribution in [2.75, 3.05) is 0 Å². The maximum absolute atomic E-state index is 11.1. The number of hydrogen-bond donors (Lipinski definition) is 0. The third-order valence-electron chi connectivity index (χ3n) is 2.35. The first-order valence-corrected chi connectivity index (χ1v) is 4.35. The average Bonchev–Trinajstić information content (AvgIpc) is 2.31. The van der Waals surface area contributed by atoms with Crippen LogP contribution in [-0.2, 0) is 9.53 Å². The second-order valence-corrected chi connectivity index (χ2v) is 3.56. The minimum Gasteiger partial charge on any atom is -0.462 e. The fourth-order valence-electron chi connectivity index (χ4n) is 1.41. The van der Waals surface area contributed by atoms with Gasteiger partial charge in [0.1, 0.15) is 6.10 Å². The molecule has 0 aliphatic carbocycles. The summed E-state index contributed by atoms with van der Waals surface area (Å²) in [6, 6.07) is 0. The van der Waals surface area contributed by atoms with Crippen molar-refractivity contribution in [1.82, 2.24) is 0 Å². The first-order chi connectivity index (χ1) is 5.15. The highest BCUT2D eigenvalue weighted by molar-refractivity contribution is 5.74. The van der Waals surface area contributed by atoms with E-state index in [0.29, 0.717) is 5.92 Å². The third-order valence-corrected chi connectivity index (χ3v) is 2.35. The Morgan fingerprint density at radius 1 is 1.64 bits per heavy atom. The van der Waals surface area contributed by atoms with Gasteiger partial charge in [0.2, 0.25) is 0 Å². The zero-order valence-corrected chi connectivity index (χ0v) is 7.46. The Labute approximate surface area is 67.9 Å². The van der Waals surface area contributed by atoms with Crippen molar-refractivity contribution in [3.8, 4) is 0 Å². The lowest BCUT2D eigenvalue weighted by Gasteiger charge is -2.11. The molecule has 1 aliphatic heterocycles. The van der Waals surface area contributed by atoms with Gasteiger partial charge in [-0.05, 0) is 18.8 Å². The van der Waals surface area contributed by atoms with Crippen molar-refractivity contribution in [3.63, 3.8) is 0 Å². The van der Waals surface area contributed by atoms with E-state index in [2.05, 4.69) is 13.8 Å². The predicted molar refractivity (Wildman–Crippen MR) is 43.1 cm³/mol. The molecule has 0 radical (unpaired) electrons. The van der Waals surface area contributed by atoms with Crippen molar-refractivity contribution in [1.29, 1.82) is 0 Å². The zero-order chi connectivity index (χ0) is 8.43. The van der Waals surface area contributed by atoms with Gasteiger partial charge in [-0.1, -0.05) is 20.8 Å². The van der Waals surface area contributed by atoms with E-state index in [1.165, 1.54) is 0 Å². The average molecular weight is 156 g/mol. The van der Waals surface area contributed by atoms with Gasteiger partial charge in [-0.2, -0.15) is 0 Å². The lowest BCUT2D eigenvalue weighted by atomic mass is 9.97. The number of carbonyl (C=O) groups excluding carboxylic acids is 1. The minimum absolute atomic E-state index is 0.00574. The Bertz CT molecular complexity index is 152. The molecular weight excluding hydrogens is 140 g/mol. The van der Waals surface area contributed by atoms with Gasteiger partial charge in [0.25, 0.3) is 0 Å². The lowest BCUT2D eigenvalue weighted by Crippen LogP contribution is -2.13. The molecular formula is C9H16O2. The monoisotopic (exact) mass is 156 g/mol. The summed E-state index contributed by atoms with van der Waals surface area (Å²) in [4.78, 5) is 11.1. The molecule has 0 aromatic carbocycles. The van der Waals surface area contributed by atoms with E-state index >= 15 is 0 Å². The first-order valence-electron chi connectivity index (χ1n) is 4.35. The standard InChI is InChI=1S/C9H16O2/c1-4-7-5-8(6(2)3)11-9(7)10/h6-8H,4-5H2,1-3H3/t7-,8-/m1/s1. The van der Waals surface area contributed by atoms with Gasteiger partial charge in [-0.15, -0.1) is 0 Å². The summed E-state index contributed by atoms with van der Waals surface area (Å²) in [7, 11) is 0. The van der Waals surface area contributed by atoms with E-state index in [0.717, 1.165) is 12.8 Å². The normalized spacial score (nSPS) is 31.1. The number of cyclic esters (lactones) is 1. The van der Waals surface area contributed by atoms with Crippen LogP contribution >= 0.6 is 0 Å². The van der Waals surface area contributed by atoms with Crippen LogP contribution in [0.25, 0.3) is 0 Å². The third kappa shape index (κ3) is 1.73. The maximum atomic E-state index is 11.1. The molecule has 0 aromatic rings. The molecule has 0 aromatic heterocycles. The van der Waals surface area contributed by atoms with Crippen LogP contribution in [0.1, 0.15) is 33.6 Å². The van der Waals surface area contributed by atoms with Crippen LogP contribution in [0, 0.1) is 11.8 Å². The summed E-state index contributed by atoms with van der Waals surface area (Å²) in [5.41, 5.74) is 0. The van der Waals surface area contributed by atoms with E-state index in [1.807, 2.05) is 6.92 Å². The van der Waals surface area contributed by atoms with Gasteiger partial charge in [0, 0.05) is 0 Å². The van der Waals surface area contributed by atoms with Crippen LogP contribution in [0.2, 0.25) is 0 Å². The molecule has 1 saturated heterocycles. The summed E-state index contributed by atoms with van der Waals surface area (Å²) in [5.74, 6) is 0.643. The van der Waals surface area contributed by atoms with Crippen molar-refractivity contribution in [2.45, 2.75) is 39.7 Å². The predicted octanol–water partition coefficient (Wildman–Crippen LogP) is 1.98. The van der Waals surface area contributed by atoms with Crippen LogP contribution in [0.15, 0.2) is 0 Å². The molecule has 0 unspecified atom stereocenters. The minimum atomic E-state index is 0.00574. The number of esters is 1. The van der Waals surface area contributed by atoms with Gasteiger partial charge < -0.3 is 4.74 Å². The summed E-state index contributed by atoms with van der Waals surface area (Å²) in [6.45, 7) is 6.22. The molecule has 1 heterocycles. The van der Waals surface area contributed by atoms with Crippen LogP contribution in [0.3, 0.4) is 0 Å². The summed E-state index contributed by atoms with van der Waals surface area (Å²) in [6.07, 6.45) is 2.02. The second-order valence-electron chi connectivity index (χ2n) is 3.56. The molecule has 0 N–H and O–H groups in total. The summed E-state index contributed by atoms with van der Waals surface area (Å²) in [5, 5.41) is 0. The van der Waals surface area contributed by atoms with Crippen molar-refractivity contribution in [2.24, 2.45) is 11.8 Å². The molecule has 1 rings (SSSR count). The number of hydrogen-bond acceptors (Lipinski definition) is 2. The van der Waals surface area contributed by atoms with Gasteiger partial charge in [0.15, 0.2) is 0 Å². The van der Waals surface area contributed by atoms with Gasteiger partial charge in [-0.25, -0.2) is 0 Å². The van der Waals surface area contributed by atoms with E-state index in [9.17, 15) is 4.79 Å². The van der Waals surface area contributed by atoms with Crippen LogP contribution < -0.4 is 0 Å². The molecule has 2 atom stereocenters. The van der Waals surface area contributed by atoms with Crippen molar-refractivity contribution >= 4 is 5.97 Å². The molecule has 2 heteroatoms. The van der Waals surface area contributed by atoms with E-state index in [1.54, 1.807) is 0 Å². The summed E-state index contributed by atoms with van der Waals surface area (Å²) < 4.78 is 5.19. The SMILES string of the molecule is CC[C@@H]1C[C@H](C(C)C)OC1=O. The highest BCUT2D eigenvalue weighted by Crippen LogP contribution is 2.27. The molecule has 0 saturated carbocycles. The van der Waals surface area contributed by atoms with E-state index in [-0.39, 0.29) is 18.0 Å². The quantitative estimate of drug-likeness (QED) is 0.571. The number of rotatable bonds is 2. The molecule has 0 bridgehead atoms. The molecule has 64 valence electrons.